The summed E-state index contributed by atoms with van der Waals surface area (Å²) in [5, 5.41) is 7.42. The van der Waals surface area contributed by atoms with E-state index in [1.54, 1.807) is 0 Å². The molecule has 1 aliphatic rings. The summed E-state index contributed by atoms with van der Waals surface area (Å²) in [6.45, 7) is 5.97. The third kappa shape index (κ3) is 3.50. The Hall–Kier alpha value is -2.83. The van der Waals surface area contributed by atoms with Crippen molar-refractivity contribution in [3.63, 3.8) is 0 Å². The third-order valence-electron chi connectivity index (χ3n) is 4.04. The predicted molar refractivity (Wildman–Crippen MR) is 94.1 cm³/mol. The van der Waals surface area contributed by atoms with Gasteiger partial charge in [0.05, 0.1) is 0 Å². The standard InChI is InChI=1S/C18H20N6O/c1-4-13-9-12(7-10(2)19-13)16-23-17(25-24-16)15-8-11(3)20-18(22-15)21-14-5-6-14/h7-9,14H,4-6H2,1-3H3,(H,20,21,22). The van der Waals surface area contributed by atoms with Crippen molar-refractivity contribution in [2.45, 2.75) is 46.1 Å². The Morgan fingerprint density at radius 3 is 2.60 bits per heavy atom. The van der Waals surface area contributed by atoms with Gasteiger partial charge in [0.2, 0.25) is 11.8 Å². The molecule has 0 radical (unpaired) electrons. The lowest BCUT2D eigenvalue weighted by Crippen LogP contribution is -2.06. The van der Waals surface area contributed by atoms with Gasteiger partial charge in [-0.1, -0.05) is 12.1 Å². The van der Waals surface area contributed by atoms with E-state index in [0.717, 1.165) is 29.1 Å². The molecule has 4 rings (SSSR count). The van der Waals surface area contributed by atoms with Crippen LogP contribution in [0.3, 0.4) is 0 Å². The highest BCUT2D eigenvalue weighted by Gasteiger charge is 2.23. The average Bonchev–Trinajstić information content (AvgIpc) is 3.25. The van der Waals surface area contributed by atoms with Gasteiger partial charge >= 0.3 is 0 Å². The van der Waals surface area contributed by atoms with E-state index in [1.165, 1.54) is 12.8 Å². The van der Waals surface area contributed by atoms with Gasteiger partial charge < -0.3 is 9.84 Å². The Labute approximate surface area is 145 Å². The summed E-state index contributed by atoms with van der Waals surface area (Å²) in [5.74, 6) is 1.56. The van der Waals surface area contributed by atoms with Crippen LogP contribution in [0.4, 0.5) is 5.95 Å². The fourth-order valence-electron chi connectivity index (χ4n) is 2.65. The highest BCUT2D eigenvalue weighted by Crippen LogP contribution is 2.26. The SMILES string of the molecule is CCc1cc(-c2noc(-c3cc(C)nc(NC4CC4)n3)n2)cc(C)n1. The van der Waals surface area contributed by atoms with Crippen LogP contribution in [-0.2, 0) is 6.42 Å². The van der Waals surface area contributed by atoms with Gasteiger partial charge in [-0.25, -0.2) is 9.97 Å². The number of nitrogens with zero attached hydrogens (tertiary/aromatic N) is 5. The van der Waals surface area contributed by atoms with Crippen molar-refractivity contribution in [1.29, 1.82) is 0 Å². The van der Waals surface area contributed by atoms with E-state index in [4.69, 9.17) is 4.52 Å². The second-order valence-electron chi connectivity index (χ2n) is 6.40. The zero-order valence-corrected chi connectivity index (χ0v) is 14.6. The van der Waals surface area contributed by atoms with E-state index >= 15 is 0 Å². The van der Waals surface area contributed by atoms with Gasteiger partial charge in [0.1, 0.15) is 5.69 Å². The van der Waals surface area contributed by atoms with E-state index < -0.39 is 0 Å². The van der Waals surface area contributed by atoms with Gasteiger partial charge in [-0.05, 0) is 51.3 Å². The van der Waals surface area contributed by atoms with Crippen molar-refractivity contribution < 1.29 is 4.52 Å². The van der Waals surface area contributed by atoms with Crippen molar-refractivity contribution in [2.75, 3.05) is 5.32 Å². The highest BCUT2D eigenvalue weighted by molar-refractivity contribution is 5.59. The summed E-state index contributed by atoms with van der Waals surface area (Å²) < 4.78 is 5.45. The van der Waals surface area contributed by atoms with Crippen LogP contribution in [0.1, 0.15) is 36.8 Å². The molecule has 0 aromatic carbocycles. The number of nitrogens with one attached hydrogen (secondary N) is 1. The van der Waals surface area contributed by atoms with Crippen LogP contribution in [0, 0.1) is 13.8 Å². The van der Waals surface area contributed by atoms with Crippen LogP contribution in [0.25, 0.3) is 23.0 Å². The zero-order chi connectivity index (χ0) is 17.4. The Kier molecular flexibility index (Phi) is 3.91. The van der Waals surface area contributed by atoms with Crippen molar-refractivity contribution in [2.24, 2.45) is 0 Å². The second kappa shape index (κ2) is 6.23. The first-order chi connectivity index (χ1) is 12.1. The highest BCUT2D eigenvalue weighted by atomic mass is 16.5. The minimum absolute atomic E-state index is 0.395. The molecule has 128 valence electrons. The lowest BCUT2D eigenvalue weighted by atomic mass is 10.1. The summed E-state index contributed by atoms with van der Waals surface area (Å²) in [7, 11) is 0. The van der Waals surface area contributed by atoms with E-state index in [0.29, 0.717) is 29.4 Å². The van der Waals surface area contributed by atoms with Crippen molar-refractivity contribution in [1.82, 2.24) is 25.1 Å². The minimum atomic E-state index is 0.395. The van der Waals surface area contributed by atoms with Crippen LogP contribution in [-0.4, -0.2) is 31.1 Å². The summed E-state index contributed by atoms with van der Waals surface area (Å²) in [5.41, 5.74) is 4.35. The molecule has 0 atom stereocenters. The number of aromatic nitrogens is 5. The van der Waals surface area contributed by atoms with E-state index in [9.17, 15) is 0 Å². The van der Waals surface area contributed by atoms with E-state index in [2.05, 4.69) is 37.3 Å². The predicted octanol–water partition coefficient (Wildman–Crippen LogP) is 3.34. The molecule has 0 saturated heterocycles. The molecule has 7 heteroatoms. The fraction of sp³-hybridized carbons (Fsp3) is 0.389. The van der Waals surface area contributed by atoms with Gasteiger partial charge in [0.25, 0.3) is 5.89 Å². The molecular weight excluding hydrogens is 316 g/mol. The fourth-order valence-corrected chi connectivity index (χ4v) is 2.65. The van der Waals surface area contributed by atoms with Gasteiger partial charge in [-0.3, -0.25) is 4.98 Å². The van der Waals surface area contributed by atoms with Crippen molar-refractivity contribution in [3.8, 4) is 23.0 Å². The molecule has 3 aromatic rings. The molecule has 0 spiro atoms. The molecule has 7 nitrogen and oxygen atoms in total. The molecule has 3 aromatic heterocycles. The van der Waals surface area contributed by atoms with Crippen LogP contribution in [0.2, 0.25) is 0 Å². The molecular formula is C18H20N6O. The average molecular weight is 336 g/mol. The van der Waals surface area contributed by atoms with E-state index in [-0.39, 0.29) is 0 Å². The quantitative estimate of drug-likeness (QED) is 0.764. The zero-order valence-electron chi connectivity index (χ0n) is 14.6. The smallest absolute Gasteiger partial charge is 0.277 e. The van der Waals surface area contributed by atoms with Gasteiger partial charge in [0, 0.05) is 28.7 Å². The summed E-state index contributed by atoms with van der Waals surface area (Å²) >= 11 is 0. The third-order valence-corrected chi connectivity index (χ3v) is 4.04. The molecule has 1 aliphatic carbocycles. The van der Waals surface area contributed by atoms with Gasteiger partial charge in [0.15, 0.2) is 0 Å². The first kappa shape index (κ1) is 15.7. The van der Waals surface area contributed by atoms with Crippen molar-refractivity contribution >= 4 is 5.95 Å². The van der Waals surface area contributed by atoms with Crippen molar-refractivity contribution in [3.05, 3.63) is 35.3 Å². The Morgan fingerprint density at radius 2 is 1.84 bits per heavy atom. The summed E-state index contributed by atoms with van der Waals surface area (Å²) in [4.78, 5) is 17.9. The number of anilines is 1. The summed E-state index contributed by atoms with van der Waals surface area (Å²) in [6.07, 6.45) is 3.19. The lowest BCUT2D eigenvalue weighted by molar-refractivity contribution is 0.431. The Bertz CT molecular complexity index is 916. The van der Waals surface area contributed by atoms with Crippen LogP contribution >= 0.6 is 0 Å². The number of rotatable bonds is 5. The first-order valence-electron chi connectivity index (χ1n) is 8.55. The Balaban J connectivity index is 1.67. The lowest BCUT2D eigenvalue weighted by Gasteiger charge is -2.04. The second-order valence-corrected chi connectivity index (χ2v) is 6.40. The van der Waals surface area contributed by atoms with Gasteiger partial charge in [-0.15, -0.1) is 0 Å². The van der Waals surface area contributed by atoms with Crippen LogP contribution in [0.15, 0.2) is 22.7 Å². The Morgan fingerprint density at radius 1 is 1.04 bits per heavy atom. The molecule has 1 fully saturated rings. The first-order valence-corrected chi connectivity index (χ1v) is 8.55. The molecule has 25 heavy (non-hydrogen) atoms. The molecule has 1 saturated carbocycles. The topological polar surface area (TPSA) is 89.6 Å². The monoisotopic (exact) mass is 336 g/mol. The van der Waals surface area contributed by atoms with E-state index in [1.807, 2.05) is 32.0 Å². The molecule has 0 aliphatic heterocycles. The number of pyridine rings is 1. The van der Waals surface area contributed by atoms with Crippen LogP contribution in [0.5, 0.6) is 0 Å². The maximum Gasteiger partial charge on any atom is 0.277 e. The number of aryl methyl sites for hydroxylation is 3. The largest absolute Gasteiger partial charge is 0.351 e. The minimum Gasteiger partial charge on any atom is -0.351 e. The normalized spacial score (nSPS) is 13.9. The maximum absolute atomic E-state index is 5.45. The molecule has 0 unspecified atom stereocenters. The summed E-state index contributed by atoms with van der Waals surface area (Å²) in [6, 6.07) is 6.29. The van der Waals surface area contributed by atoms with Gasteiger partial charge in [-0.2, -0.15) is 4.98 Å². The molecule has 1 N–H and O–H groups in total. The maximum atomic E-state index is 5.45. The molecule has 0 amide bonds. The number of hydrogen-bond acceptors (Lipinski definition) is 7. The number of hydrogen-bond donors (Lipinski definition) is 1. The molecule has 3 heterocycles. The van der Waals surface area contributed by atoms with Crippen LogP contribution < -0.4 is 5.32 Å². The molecule has 0 bridgehead atoms.